The molecule has 200 valence electrons. The van der Waals surface area contributed by atoms with E-state index in [0.29, 0.717) is 47.6 Å². The molecule has 0 saturated carbocycles. The summed E-state index contributed by atoms with van der Waals surface area (Å²) in [5.41, 5.74) is 5.43. The van der Waals surface area contributed by atoms with Gasteiger partial charge in [-0.3, -0.25) is 9.59 Å². The monoisotopic (exact) mass is 553 g/mol. The number of benzene rings is 2. The molecule has 5 nitrogen and oxygen atoms in total. The third-order valence-electron chi connectivity index (χ3n) is 7.50. The van der Waals surface area contributed by atoms with Crippen molar-refractivity contribution in [3.8, 4) is 11.5 Å². The van der Waals surface area contributed by atoms with Crippen LogP contribution in [0.3, 0.4) is 0 Å². The zero-order chi connectivity index (χ0) is 26.8. The minimum absolute atomic E-state index is 0.124. The predicted octanol–water partition coefficient (Wildman–Crippen LogP) is 7.79. The highest BCUT2D eigenvalue weighted by Crippen LogP contribution is 2.51. The summed E-state index contributed by atoms with van der Waals surface area (Å²) in [5.74, 6) is 0.773. The van der Waals surface area contributed by atoms with Gasteiger partial charge in [-0.2, -0.15) is 0 Å². The van der Waals surface area contributed by atoms with Gasteiger partial charge in [0.2, 0.25) is 0 Å². The number of nitrogens with zero attached hydrogens (tertiary/aromatic N) is 1. The Hall–Kier alpha value is -2.76. The Morgan fingerprint density at radius 2 is 1.50 bits per heavy atom. The zero-order valence-corrected chi connectivity index (χ0v) is 23.5. The second kappa shape index (κ2) is 11.5. The number of halogens is 2. The minimum atomic E-state index is -0.435. The second-order valence-electron chi connectivity index (χ2n) is 10.0. The molecule has 2 aromatic carbocycles. The molecular weight excluding hydrogens is 521 g/mol. The van der Waals surface area contributed by atoms with Gasteiger partial charge < -0.3 is 14.4 Å². The van der Waals surface area contributed by atoms with Crippen LogP contribution in [0, 0.1) is 0 Å². The molecule has 1 aliphatic heterocycles. The fraction of sp³-hybridized carbons (Fsp3) is 0.419. The number of hydrogen-bond acceptors (Lipinski definition) is 5. The van der Waals surface area contributed by atoms with Crippen molar-refractivity contribution in [2.24, 2.45) is 0 Å². The fourth-order valence-electron chi connectivity index (χ4n) is 5.94. The zero-order valence-electron chi connectivity index (χ0n) is 21.9. The smallest absolute Gasteiger partial charge is 0.180 e. The molecule has 2 aromatic rings. The summed E-state index contributed by atoms with van der Waals surface area (Å²) in [4.78, 5) is 29.2. The molecule has 0 saturated heterocycles. The molecule has 0 N–H and O–H groups in total. The van der Waals surface area contributed by atoms with Crippen molar-refractivity contribution in [3.05, 3.63) is 80.1 Å². The van der Waals surface area contributed by atoms with Gasteiger partial charge in [0, 0.05) is 52.9 Å². The lowest BCUT2D eigenvalue weighted by Gasteiger charge is -2.44. The van der Waals surface area contributed by atoms with Gasteiger partial charge in [0.05, 0.1) is 11.6 Å². The molecular formula is C31H33Cl2NO4. The molecule has 0 spiro atoms. The van der Waals surface area contributed by atoms with Crippen molar-refractivity contribution in [1.82, 2.24) is 4.90 Å². The Kier molecular flexibility index (Phi) is 8.15. The van der Waals surface area contributed by atoms with E-state index in [1.54, 1.807) is 0 Å². The first-order valence-corrected chi connectivity index (χ1v) is 14.3. The summed E-state index contributed by atoms with van der Waals surface area (Å²) >= 11 is 12.9. The molecule has 5 rings (SSSR count). The van der Waals surface area contributed by atoms with Crippen LogP contribution in [0.4, 0.5) is 0 Å². The number of ether oxygens (including phenoxy) is 2. The van der Waals surface area contributed by atoms with Crippen molar-refractivity contribution >= 4 is 34.8 Å². The lowest BCUT2D eigenvalue weighted by atomic mass is 9.71. The van der Waals surface area contributed by atoms with E-state index in [1.807, 2.05) is 43.3 Å². The van der Waals surface area contributed by atoms with Crippen LogP contribution in [0.1, 0.15) is 75.8 Å². The van der Waals surface area contributed by atoms with Gasteiger partial charge >= 0.3 is 0 Å². The Bertz CT molecular complexity index is 1270. The predicted molar refractivity (Wildman–Crippen MR) is 150 cm³/mol. The first-order valence-electron chi connectivity index (χ1n) is 13.6. The molecule has 38 heavy (non-hydrogen) atoms. The first-order chi connectivity index (χ1) is 18.4. The van der Waals surface area contributed by atoms with E-state index in [0.717, 1.165) is 72.3 Å². The third-order valence-corrected chi connectivity index (χ3v) is 8.03. The van der Waals surface area contributed by atoms with Crippen LogP contribution >= 0.6 is 23.2 Å². The summed E-state index contributed by atoms with van der Waals surface area (Å²) in [7, 11) is 0. The maximum Gasteiger partial charge on any atom is 0.180 e. The highest BCUT2D eigenvalue weighted by molar-refractivity contribution is 6.32. The minimum Gasteiger partial charge on any atom is -0.490 e. The highest BCUT2D eigenvalue weighted by atomic mass is 35.5. The van der Waals surface area contributed by atoms with Crippen molar-refractivity contribution in [3.63, 3.8) is 0 Å². The number of carbonyl (C=O) groups excluding carboxylic acids is 2. The van der Waals surface area contributed by atoms with E-state index in [1.165, 1.54) is 0 Å². The van der Waals surface area contributed by atoms with Crippen LogP contribution in [-0.2, 0) is 16.2 Å². The van der Waals surface area contributed by atoms with Crippen molar-refractivity contribution in [2.45, 2.75) is 71.3 Å². The van der Waals surface area contributed by atoms with Gasteiger partial charge in [0.15, 0.2) is 23.1 Å². The van der Waals surface area contributed by atoms with Crippen LogP contribution in [0.25, 0.3) is 0 Å². The Balaban J connectivity index is 1.60. The van der Waals surface area contributed by atoms with Crippen molar-refractivity contribution in [2.75, 3.05) is 13.2 Å². The third kappa shape index (κ3) is 5.11. The Morgan fingerprint density at radius 1 is 0.868 bits per heavy atom. The van der Waals surface area contributed by atoms with Crippen LogP contribution in [0.2, 0.25) is 10.0 Å². The van der Waals surface area contributed by atoms with Crippen LogP contribution in [-0.4, -0.2) is 29.6 Å². The molecule has 7 heteroatoms. The molecule has 0 unspecified atom stereocenters. The molecule has 0 radical (unpaired) electrons. The lowest BCUT2D eigenvalue weighted by molar-refractivity contribution is -0.117. The molecule has 0 aromatic heterocycles. The number of allylic oxidation sites excluding steroid dienone is 4. The molecule has 0 atom stereocenters. The summed E-state index contributed by atoms with van der Waals surface area (Å²) < 4.78 is 12.1. The number of ketones is 2. The van der Waals surface area contributed by atoms with E-state index >= 15 is 0 Å². The van der Waals surface area contributed by atoms with Crippen molar-refractivity contribution in [1.29, 1.82) is 0 Å². The SMILES string of the molecule is CCCN1C2=C(C(=O)CCC2)C(c2cc(Cl)c(OCc3ccc(Cl)cc3)c(OCC)c2)C2=C1CCCC2=O. The molecule has 1 heterocycles. The summed E-state index contributed by atoms with van der Waals surface area (Å²) in [6.45, 7) is 5.58. The fourth-order valence-corrected chi connectivity index (χ4v) is 6.34. The van der Waals surface area contributed by atoms with Crippen LogP contribution < -0.4 is 9.47 Å². The van der Waals surface area contributed by atoms with Gasteiger partial charge in [-0.05, 0) is 74.4 Å². The van der Waals surface area contributed by atoms with E-state index in [9.17, 15) is 9.59 Å². The van der Waals surface area contributed by atoms with Gasteiger partial charge in [0.1, 0.15) is 6.61 Å². The van der Waals surface area contributed by atoms with Gasteiger partial charge in [-0.15, -0.1) is 0 Å². The quantitative estimate of drug-likeness (QED) is 0.333. The number of hydrogen-bond donors (Lipinski definition) is 0. The molecule has 0 fully saturated rings. The molecule has 3 aliphatic rings. The van der Waals surface area contributed by atoms with Crippen LogP contribution in [0.5, 0.6) is 11.5 Å². The van der Waals surface area contributed by atoms with Crippen LogP contribution in [0.15, 0.2) is 58.9 Å². The highest BCUT2D eigenvalue weighted by Gasteiger charge is 2.43. The first kappa shape index (κ1) is 26.8. The Labute approximate surface area is 234 Å². The maximum absolute atomic E-state index is 13.5. The van der Waals surface area contributed by atoms with E-state index < -0.39 is 5.92 Å². The number of Topliss-reactive ketones (excluding diaryl/α,β-unsaturated/α-hetero) is 2. The van der Waals surface area contributed by atoms with Gasteiger partial charge in [-0.1, -0.05) is 42.3 Å². The largest absolute Gasteiger partial charge is 0.490 e. The average molecular weight is 555 g/mol. The van der Waals surface area contributed by atoms with E-state index in [-0.39, 0.29) is 11.6 Å². The van der Waals surface area contributed by atoms with E-state index in [2.05, 4.69) is 11.8 Å². The normalized spacial score (nSPS) is 18.1. The Morgan fingerprint density at radius 3 is 2.08 bits per heavy atom. The average Bonchev–Trinajstić information content (AvgIpc) is 2.90. The maximum atomic E-state index is 13.5. The number of carbonyl (C=O) groups is 2. The second-order valence-corrected chi connectivity index (χ2v) is 10.9. The van der Waals surface area contributed by atoms with Gasteiger partial charge in [-0.25, -0.2) is 0 Å². The lowest BCUT2D eigenvalue weighted by Crippen LogP contribution is -2.39. The summed E-state index contributed by atoms with van der Waals surface area (Å²) in [6.07, 6.45) is 5.31. The van der Waals surface area contributed by atoms with E-state index in [4.69, 9.17) is 32.7 Å². The van der Waals surface area contributed by atoms with Crippen molar-refractivity contribution < 1.29 is 19.1 Å². The molecule has 0 amide bonds. The van der Waals surface area contributed by atoms with Gasteiger partial charge in [0.25, 0.3) is 0 Å². The number of rotatable bonds is 8. The standard InChI is InChI=1S/C31H33Cl2NO4/c1-3-15-34-23-7-5-9-25(35)29(23)28(30-24(34)8-6-10-26(30)36)20-16-22(33)31(27(17-20)37-4-2)38-18-19-11-13-21(32)14-12-19/h11-14,16-17,28H,3-10,15,18H2,1-2H3. The summed E-state index contributed by atoms with van der Waals surface area (Å²) in [6, 6.07) is 11.2. The molecule has 0 bridgehead atoms. The topological polar surface area (TPSA) is 55.8 Å². The molecule has 2 aliphatic carbocycles. The summed E-state index contributed by atoms with van der Waals surface area (Å²) in [5, 5.41) is 1.06.